The summed E-state index contributed by atoms with van der Waals surface area (Å²) in [5, 5.41) is 6.29. The van der Waals surface area contributed by atoms with Crippen molar-refractivity contribution < 1.29 is 9.59 Å². The van der Waals surface area contributed by atoms with Gasteiger partial charge >= 0.3 is 0 Å². The average molecular weight is 329 g/mol. The minimum Gasteiger partial charge on any atom is -0.353 e. The van der Waals surface area contributed by atoms with E-state index in [-0.39, 0.29) is 23.8 Å². The van der Waals surface area contributed by atoms with E-state index in [9.17, 15) is 9.59 Å². The van der Waals surface area contributed by atoms with Crippen molar-refractivity contribution >= 4 is 11.8 Å². The predicted octanol–water partition coefficient (Wildman–Crippen LogP) is 2.82. The molecular weight excluding hydrogens is 302 g/mol. The van der Waals surface area contributed by atoms with Gasteiger partial charge in [-0.05, 0) is 37.8 Å². The zero-order chi connectivity index (χ0) is 16.8. The van der Waals surface area contributed by atoms with E-state index in [0.29, 0.717) is 11.6 Å². The number of hydrogen-bond acceptors (Lipinski definition) is 3. The molecular formula is C19H27N3O2. The number of nitrogens with one attached hydrogen (secondary N) is 2. The molecule has 2 saturated carbocycles. The number of rotatable bonds is 4. The normalized spacial score (nSPS) is 25.0. The van der Waals surface area contributed by atoms with Gasteiger partial charge in [0.1, 0.15) is 0 Å². The van der Waals surface area contributed by atoms with Gasteiger partial charge in [0.15, 0.2) is 0 Å². The fraction of sp³-hybridized carbons (Fsp3) is 0.632. The monoisotopic (exact) mass is 329 g/mol. The Balaban J connectivity index is 1.56. The molecule has 2 fully saturated rings. The fourth-order valence-electron chi connectivity index (χ4n) is 3.93. The van der Waals surface area contributed by atoms with E-state index in [1.165, 1.54) is 25.7 Å². The van der Waals surface area contributed by atoms with Crippen LogP contribution in [0.5, 0.6) is 0 Å². The highest BCUT2D eigenvalue weighted by molar-refractivity contribution is 5.94. The first-order valence-corrected chi connectivity index (χ1v) is 9.25. The third kappa shape index (κ3) is 4.34. The van der Waals surface area contributed by atoms with Crippen LogP contribution in [0.25, 0.3) is 0 Å². The van der Waals surface area contributed by atoms with Gasteiger partial charge in [-0.2, -0.15) is 0 Å². The van der Waals surface area contributed by atoms with Crippen molar-refractivity contribution in [2.24, 2.45) is 5.92 Å². The van der Waals surface area contributed by atoms with Gasteiger partial charge in [0.2, 0.25) is 5.91 Å². The summed E-state index contributed by atoms with van der Waals surface area (Å²) in [6.45, 7) is 0. The quantitative estimate of drug-likeness (QED) is 0.835. The Bertz CT molecular complexity index is 553. The molecule has 5 heteroatoms. The van der Waals surface area contributed by atoms with Crippen LogP contribution in [0.1, 0.15) is 68.1 Å². The van der Waals surface area contributed by atoms with Crippen LogP contribution < -0.4 is 10.6 Å². The van der Waals surface area contributed by atoms with Gasteiger partial charge in [-0.25, -0.2) is 0 Å². The topological polar surface area (TPSA) is 71.1 Å². The molecule has 0 spiro atoms. The van der Waals surface area contributed by atoms with Crippen molar-refractivity contribution in [1.82, 2.24) is 15.6 Å². The Labute approximate surface area is 143 Å². The highest BCUT2D eigenvalue weighted by Crippen LogP contribution is 2.27. The zero-order valence-electron chi connectivity index (χ0n) is 14.2. The van der Waals surface area contributed by atoms with E-state index >= 15 is 0 Å². The van der Waals surface area contributed by atoms with Gasteiger partial charge in [-0.1, -0.05) is 32.1 Å². The van der Waals surface area contributed by atoms with Gasteiger partial charge < -0.3 is 10.6 Å². The molecule has 2 atom stereocenters. The number of pyridine rings is 1. The standard InChI is InChI=1S/C19H27N3O2/c23-18(14-10-12-20-13-11-14)22-17-9-5-8-16(17)19(24)21-15-6-3-1-2-4-7-15/h10-13,15-17H,1-9H2,(H,21,24)(H,22,23)/t16-,17+/m0/s1. The molecule has 1 heterocycles. The van der Waals surface area contributed by atoms with Crippen molar-refractivity contribution in [3.63, 3.8) is 0 Å². The number of aromatic nitrogens is 1. The summed E-state index contributed by atoms with van der Waals surface area (Å²) in [5.74, 6) is -0.0879. The fourth-order valence-corrected chi connectivity index (χ4v) is 3.93. The van der Waals surface area contributed by atoms with E-state index in [1.54, 1.807) is 24.5 Å². The first-order chi connectivity index (χ1) is 11.7. The number of amides is 2. The van der Waals surface area contributed by atoms with Crippen LogP contribution in [0.2, 0.25) is 0 Å². The van der Waals surface area contributed by atoms with Gasteiger partial charge in [0.05, 0.1) is 5.92 Å². The Morgan fingerprint density at radius 3 is 2.29 bits per heavy atom. The molecule has 3 rings (SSSR count). The minimum absolute atomic E-state index is 0.0588. The number of hydrogen-bond donors (Lipinski definition) is 2. The third-order valence-electron chi connectivity index (χ3n) is 5.31. The van der Waals surface area contributed by atoms with E-state index in [1.807, 2.05) is 0 Å². The summed E-state index contributed by atoms with van der Waals surface area (Å²) in [7, 11) is 0. The number of carbonyl (C=O) groups excluding carboxylic acids is 2. The molecule has 0 saturated heterocycles. The van der Waals surface area contributed by atoms with E-state index < -0.39 is 0 Å². The van der Waals surface area contributed by atoms with Crippen molar-refractivity contribution in [3.05, 3.63) is 30.1 Å². The van der Waals surface area contributed by atoms with Gasteiger partial charge in [0.25, 0.3) is 5.91 Å². The lowest BCUT2D eigenvalue weighted by Gasteiger charge is -2.24. The second-order valence-electron chi connectivity index (χ2n) is 7.05. The van der Waals surface area contributed by atoms with Crippen LogP contribution in [0, 0.1) is 5.92 Å². The summed E-state index contributed by atoms with van der Waals surface area (Å²) < 4.78 is 0. The van der Waals surface area contributed by atoms with Crippen molar-refractivity contribution in [1.29, 1.82) is 0 Å². The molecule has 24 heavy (non-hydrogen) atoms. The smallest absolute Gasteiger partial charge is 0.251 e. The lowest BCUT2D eigenvalue weighted by molar-refractivity contribution is -0.126. The number of nitrogens with zero attached hydrogens (tertiary/aromatic N) is 1. The summed E-state index contributed by atoms with van der Waals surface area (Å²) >= 11 is 0. The summed E-state index contributed by atoms with van der Waals surface area (Å²) in [6, 6.07) is 3.66. The zero-order valence-corrected chi connectivity index (χ0v) is 14.2. The van der Waals surface area contributed by atoms with Gasteiger partial charge in [0, 0.05) is 30.0 Å². The predicted molar refractivity (Wildman–Crippen MR) is 92.5 cm³/mol. The highest BCUT2D eigenvalue weighted by Gasteiger charge is 2.35. The second-order valence-corrected chi connectivity index (χ2v) is 7.05. The lowest BCUT2D eigenvalue weighted by Crippen LogP contribution is -2.46. The molecule has 0 aromatic carbocycles. The molecule has 0 bridgehead atoms. The van der Waals surface area contributed by atoms with Crippen LogP contribution in [0.4, 0.5) is 0 Å². The molecule has 1 aromatic rings. The van der Waals surface area contributed by atoms with E-state index in [2.05, 4.69) is 15.6 Å². The maximum absolute atomic E-state index is 12.7. The molecule has 2 aliphatic carbocycles. The van der Waals surface area contributed by atoms with Crippen LogP contribution >= 0.6 is 0 Å². The van der Waals surface area contributed by atoms with Crippen molar-refractivity contribution in [2.45, 2.75) is 69.9 Å². The molecule has 1 aromatic heterocycles. The molecule has 130 valence electrons. The summed E-state index contributed by atoms with van der Waals surface area (Å²) in [5.41, 5.74) is 0.597. The Kier molecular flexibility index (Phi) is 5.83. The van der Waals surface area contributed by atoms with Crippen LogP contribution in [-0.2, 0) is 4.79 Å². The largest absolute Gasteiger partial charge is 0.353 e. The number of carbonyl (C=O) groups is 2. The van der Waals surface area contributed by atoms with E-state index in [0.717, 1.165) is 32.1 Å². The van der Waals surface area contributed by atoms with Crippen molar-refractivity contribution in [2.75, 3.05) is 0 Å². The maximum Gasteiger partial charge on any atom is 0.251 e. The van der Waals surface area contributed by atoms with Crippen LogP contribution in [0.3, 0.4) is 0 Å². The first kappa shape index (κ1) is 16.9. The van der Waals surface area contributed by atoms with Crippen LogP contribution in [-0.4, -0.2) is 28.9 Å². The third-order valence-corrected chi connectivity index (χ3v) is 5.31. The summed E-state index contributed by atoms with van der Waals surface area (Å²) in [6.07, 6.45) is 13.1. The molecule has 2 amide bonds. The minimum atomic E-state index is -0.114. The SMILES string of the molecule is O=C(N[C@@H]1CCC[C@@H]1C(=O)NC1CCCCCC1)c1ccncc1. The Morgan fingerprint density at radius 2 is 1.58 bits per heavy atom. The van der Waals surface area contributed by atoms with Gasteiger partial charge in [-0.3, -0.25) is 14.6 Å². The Hall–Kier alpha value is -1.91. The van der Waals surface area contributed by atoms with Crippen LogP contribution in [0.15, 0.2) is 24.5 Å². The van der Waals surface area contributed by atoms with E-state index in [4.69, 9.17) is 0 Å². The lowest BCUT2D eigenvalue weighted by atomic mass is 10.0. The maximum atomic E-state index is 12.7. The van der Waals surface area contributed by atoms with Crippen molar-refractivity contribution in [3.8, 4) is 0 Å². The molecule has 0 aliphatic heterocycles. The van der Waals surface area contributed by atoms with Gasteiger partial charge in [-0.15, -0.1) is 0 Å². The first-order valence-electron chi connectivity index (χ1n) is 9.25. The second kappa shape index (κ2) is 8.27. The average Bonchev–Trinajstić information content (AvgIpc) is 2.91. The summed E-state index contributed by atoms with van der Waals surface area (Å²) in [4.78, 5) is 28.9. The molecule has 2 aliphatic rings. The Morgan fingerprint density at radius 1 is 0.875 bits per heavy atom. The molecule has 2 N–H and O–H groups in total. The molecule has 0 unspecified atom stereocenters. The molecule has 5 nitrogen and oxygen atoms in total. The highest BCUT2D eigenvalue weighted by atomic mass is 16.2. The molecule has 0 radical (unpaired) electrons.